The van der Waals surface area contributed by atoms with E-state index in [4.69, 9.17) is 4.74 Å². The highest BCUT2D eigenvalue weighted by molar-refractivity contribution is 9.10. The highest BCUT2D eigenvalue weighted by Crippen LogP contribution is 2.28. The molecule has 116 valence electrons. The molecule has 6 nitrogen and oxygen atoms in total. The molecule has 0 spiro atoms. The molecule has 1 aromatic heterocycles. The predicted molar refractivity (Wildman–Crippen MR) is 84.6 cm³/mol. The lowest BCUT2D eigenvalue weighted by Gasteiger charge is -2.36. The van der Waals surface area contributed by atoms with Crippen LogP contribution < -0.4 is 4.90 Å². The highest BCUT2D eigenvalue weighted by atomic mass is 79.9. The molecule has 0 aromatic carbocycles. The standard InChI is InChI=1S/C14H20BrN3O3/c1-10(2)9-17(11-3-5-21-6-4-11)14-8-12(18(19)20)7-13(15)16-14/h7-8,10-11H,3-6,9H2,1-2H3. The first kappa shape index (κ1) is 16.2. The number of pyridine rings is 1. The number of nitrogens with zero attached hydrogens (tertiary/aromatic N) is 3. The van der Waals surface area contributed by atoms with Crippen LogP contribution in [0.3, 0.4) is 0 Å². The summed E-state index contributed by atoms with van der Waals surface area (Å²) in [5, 5.41) is 11.0. The summed E-state index contributed by atoms with van der Waals surface area (Å²) in [6, 6.07) is 3.31. The molecular formula is C14H20BrN3O3. The van der Waals surface area contributed by atoms with Crippen molar-refractivity contribution >= 4 is 27.4 Å². The van der Waals surface area contributed by atoms with Gasteiger partial charge < -0.3 is 9.64 Å². The van der Waals surface area contributed by atoms with Gasteiger partial charge >= 0.3 is 0 Å². The van der Waals surface area contributed by atoms with Gasteiger partial charge in [-0.2, -0.15) is 0 Å². The number of hydrogen-bond acceptors (Lipinski definition) is 5. The van der Waals surface area contributed by atoms with Crippen molar-refractivity contribution in [3.8, 4) is 0 Å². The molecule has 0 unspecified atom stereocenters. The van der Waals surface area contributed by atoms with Gasteiger partial charge in [-0.05, 0) is 34.7 Å². The minimum absolute atomic E-state index is 0.0627. The lowest BCUT2D eigenvalue weighted by atomic mass is 10.0. The van der Waals surface area contributed by atoms with Crippen LogP contribution in [0.1, 0.15) is 26.7 Å². The molecule has 0 bridgehead atoms. The monoisotopic (exact) mass is 357 g/mol. The summed E-state index contributed by atoms with van der Waals surface area (Å²) in [5.74, 6) is 1.12. The smallest absolute Gasteiger partial charge is 0.275 e. The lowest BCUT2D eigenvalue weighted by Crippen LogP contribution is -2.42. The van der Waals surface area contributed by atoms with Crippen LogP contribution in [0, 0.1) is 16.0 Å². The predicted octanol–water partition coefficient (Wildman–Crippen LogP) is 3.39. The first-order chi connectivity index (χ1) is 9.97. The number of halogens is 1. The number of anilines is 1. The largest absolute Gasteiger partial charge is 0.381 e. The van der Waals surface area contributed by atoms with E-state index in [0.717, 1.165) is 32.6 Å². The molecule has 1 aromatic rings. The van der Waals surface area contributed by atoms with Crippen LogP contribution in [0.4, 0.5) is 11.5 Å². The maximum absolute atomic E-state index is 11.0. The van der Waals surface area contributed by atoms with Crippen molar-refractivity contribution in [1.29, 1.82) is 0 Å². The van der Waals surface area contributed by atoms with Crippen LogP contribution in [0.2, 0.25) is 0 Å². The minimum Gasteiger partial charge on any atom is -0.381 e. The molecule has 0 atom stereocenters. The second-order valence-electron chi connectivity index (χ2n) is 5.65. The summed E-state index contributed by atoms with van der Waals surface area (Å²) >= 11 is 3.27. The summed E-state index contributed by atoms with van der Waals surface area (Å²) in [7, 11) is 0. The van der Waals surface area contributed by atoms with Crippen LogP contribution in [0.25, 0.3) is 0 Å². The molecule has 7 heteroatoms. The van der Waals surface area contributed by atoms with E-state index in [9.17, 15) is 10.1 Å². The summed E-state index contributed by atoms with van der Waals surface area (Å²) in [4.78, 5) is 17.3. The van der Waals surface area contributed by atoms with Gasteiger partial charge in [-0.25, -0.2) is 4.98 Å². The first-order valence-electron chi connectivity index (χ1n) is 7.13. The van der Waals surface area contributed by atoms with E-state index in [1.807, 2.05) is 0 Å². The molecule has 2 heterocycles. The third kappa shape index (κ3) is 4.38. The number of rotatable bonds is 5. The quantitative estimate of drug-likeness (QED) is 0.458. The minimum atomic E-state index is -0.381. The molecule has 0 saturated carbocycles. The average Bonchev–Trinajstić information content (AvgIpc) is 2.44. The number of nitro groups is 1. The van der Waals surface area contributed by atoms with Gasteiger partial charge in [0.05, 0.1) is 11.0 Å². The van der Waals surface area contributed by atoms with Crippen LogP contribution in [0.5, 0.6) is 0 Å². The van der Waals surface area contributed by atoms with Gasteiger partial charge in [0.15, 0.2) is 0 Å². The Balaban J connectivity index is 2.32. The fourth-order valence-corrected chi connectivity index (χ4v) is 2.96. The molecule has 1 aliphatic rings. The van der Waals surface area contributed by atoms with Crippen LogP contribution >= 0.6 is 15.9 Å². The zero-order chi connectivity index (χ0) is 15.4. The van der Waals surface area contributed by atoms with E-state index in [1.54, 1.807) is 6.07 Å². The highest BCUT2D eigenvalue weighted by Gasteiger charge is 2.25. The van der Waals surface area contributed by atoms with E-state index in [-0.39, 0.29) is 10.6 Å². The fourth-order valence-electron chi connectivity index (χ4n) is 2.54. The molecular weight excluding hydrogens is 338 g/mol. The maximum atomic E-state index is 11.0. The van der Waals surface area contributed by atoms with Crippen molar-refractivity contribution in [2.45, 2.75) is 32.7 Å². The van der Waals surface area contributed by atoms with E-state index < -0.39 is 0 Å². The van der Waals surface area contributed by atoms with Crippen LogP contribution in [0.15, 0.2) is 16.7 Å². The summed E-state index contributed by atoms with van der Waals surface area (Å²) < 4.78 is 5.90. The Morgan fingerprint density at radius 2 is 2.14 bits per heavy atom. The SMILES string of the molecule is CC(C)CN(c1cc([N+](=O)[O-])cc(Br)n1)C1CCOCC1. The Kier molecular flexibility index (Phi) is 5.52. The normalized spacial score (nSPS) is 16.2. The van der Waals surface area contributed by atoms with Gasteiger partial charge in [-0.1, -0.05) is 13.8 Å². The van der Waals surface area contributed by atoms with Gasteiger partial charge in [-0.15, -0.1) is 0 Å². The zero-order valence-corrected chi connectivity index (χ0v) is 13.9. The molecule has 2 rings (SSSR count). The zero-order valence-electron chi connectivity index (χ0n) is 12.3. The van der Waals surface area contributed by atoms with E-state index in [0.29, 0.717) is 22.4 Å². The molecule has 0 aliphatic carbocycles. The van der Waals surface area contributed by atoms with E-state index >= 15 is 0 Å². The summed E-state index contributed by atoms with van der Waals surface area (Å²) in [5.41, 5.74) is 0.0627. The van der Waals surface area contributed by atoms with E-state index in [1.165, 1.54) is 6.07 Å². The second kappa shape index (κ2) is 7.17. The maximum Gasteiger partial charge on any atom is 0.275 e. The second-order valence-corrected chi connectivity index (χ2v) is 6.47. The third-order valence-corrected chi connectivity index (χ3v) is 3.87. The number of aromatic nitrogens is 1. The Bertz CT molecular complexity index is 504. The van der Waals surface area contributed by atoms with Crippen molar-refractivity contribution in [1.82, 2.24) is 4.98 Å². The molecule has 0 amide bonds. The average molecular weight is 358 g/mol. The number of ether oxygens (including phenoxy) is 1. The van der Waals surface area contributed by atoms with Gasteiger partial charge in [0.2, 0.25) is 0 Å². The Morgan fingerprint density at radius 3 is 2.71 bits per heavy atom. The van der Waals surface area contributed by atoms with Gasteiger partial charge in [0.25, 0.3) is 5.69 Å². The summed E-state index contributed by atoms with van der Waals surface area (Å²) in [6.45, 7) is 6.56. The van der Waals surface area contributed by atoms with Crippen molar-refractivity contribution < 1.29 is 9.66 Å². The topological polar surface area (TPSA) is 68.5 Å². The van der Waals surface area contributed by atoms with Crippen LogP contribution in [-0.4, -0.2) is 35.7 Å². The molecule has 1 aliphatic heterocycles. The van der Waals surface area contributed by atoms with Gasteiger partial charge in [0, 0.05) is 31.9 Å². The third-order valence-electron chi connectivity index (χ3n) is 3.46. The van der Waals surface area contributed by atoms with Gasteiger partial charge in [-0.3, -0.25) is 10.1 Å². The molecule has 0 radical (unpaired) electrons. The fraction of sp³-hybridized carbons (Fsp3) is 0.643. The van der Waals surface area contributed by atoms with E-state index in [2.05, 4.69) is 39.7 Å². The van der Waals surface area contributed by atoms with Gasteiger partial charge in [0.1, 0.15) is 10.4 Å². The Labute approximate surface area is 132 Å². The first-order valence-corrected chi connectivity index (χ1v) is 7.93. The van der Waals surface area contributed by atoms with Crippen molar-refractivity contribution in [3.63, 3.8) is 0 Å². The Hall–Kier alpha value is -1.21. The molecule has 0 N–H and O–H groups in total. The molecule has 1 fully saturated rings. The lowest BCUT2D eigenvalue weighted by molar-refractivity contribution is -0.384. The van der Waals surface area contributed by atoms with Crippen molar-refractivity contribution in [3.05, 3.63) is 26.9 Å². The van der Waals surface area contributed by atoms with Crippen molar-refractivity contribution in [2.75, 3.05) is 24.7 Å². The number of hydrogen-bond donors (Lipinski definition) is 0. The van der Waals surface area contributed by atoms with Crippen LogP contribution in [-0.2, 0) is 4.74 Å². The molecule has 21 heavy (non-hydrogen) atoms. The summed E-state index contributed by atoms with van der Waals surface area (Å²) in [6.07, 6.45) is 1.85. The Morgan fingerprint density at radius 1 is 1.48 bits per heavy atom. The van der Waals surface area contributed by atoms with Crippen molar-refractivity contribution in [2.24, 2.45) is 5.92 Å². The molecule has 1 saturated heterocycles.